The Balaban J connectivity index is 2.35. The Morgan fingerprint density at radius 2 is 2.22 bits per heavy atom. The van der Waals surface area contributed by atoms with Gasteiger partial charge >= 0.3 is 0 Å². The smallest absolute Gasteiger partial charge is 0.262 e. The van der Waals surface area contributed by atoms with Crippen LogP contribution in [-0.2, 0) is 16.6 Å². The van der Waals surface area contributed by atoms with E-state index in [1.165, 1.54) is 12.4 Å². The van der Waals surface area contributed by atoms with Crippen molar-refractivity contribution >= 4 is 15.7 Å². The van der Waals surface area contributed by atoms with E-state index >= 15 is 0 Å². The minimum atomic E-state index is -3.82. The Hall–Kier alpha value is -1.93. The van der Waals surface area contributed by atoms with E-state index in [2.05, 4.69) is 14.9 Å². The lowest BCUT2D eigenvalue weighted by atomic mass is 10.2. The van der Waals surface area contributed by atoms with Gasteiger partial charge < -0.3 is 5.11 Å². The molecule has 0 aliphatic rings. The summed E-state index contributed by atoms with van der Waals surface area (Å²) in [5, 5.41) is 14.9. The first-order valence-electron chi connectivity index (χ1n) is 4.94. The van der Waals surface area contributed by atoms with Gasteiger partial charge in [0.25, 0.3) is 10.0 Å². The predicted octanol–water partition coefficient (Wildman–Crippen LogP) is 0.842. The van der Waals surface area contributed by atoms with Gasteiger partial charge in [-0.3, -0.25) is 9.82 Å². The topological polar surface area (TPSA) is 95.1 Å². The van der Waals surface area contributed by atoms with Crippen molar-refractivity contribution in [2.24, 2.45) is 0 Å². The van der Waals surface area contributed by atoms with Crippen molar-refractivity contribution in [3.05, 3.63) is 42.0 Å². The second-order valence-electron chi connectivity index (χ2n) is 3.50. The van der Waals surface area contributed by atoms with Gasteiger partial charge in [0.1, 0.15) is 5.82 Å². The number of aromatic amines is 1. The van der Waals surface area contributed by atoms with E-state index in [4.69, 9.17) is 5.11 Å². The van der Waals surface area contributed by atoms with E-state index in [-0.39, 0.29) is 16.1 Å². The van der Waals surface area contributed by atoms with Crippen LogP contribution in [0.15, 0.2) is 35.5 Å². The number of rotatable bonds is 4. The zero-order chi connectivity index (χ0) is 13.2. The van der Waals surface area contributed by atoms with Crippen LogP contribution in [0.5, 0.6) is 0 Å². The number of aliphatic hydroxyl groups is 1. The summed E-state index contributed by atoms with van der Waals surface area (Å²) in [7, 11) is -3.82. The number of aromatic nitrogens is 2. The number of nitrogens with zero attached hydrogens (tertiary/aromatic N) is 1. The molecule has 0 unspecified atom stereocenters. The monoisotopic (exact) mass is 271 g/mol. The number of hydrogen-bond acceptors (Lipinski definition) is 4. The normalized spacial score (nSPS) is 11.4. The molecule has 0 spiro atoms. The molecule has 0 amide bonds. The molecular weight excluding hydrogens is 261 g/mol. The minimum absolute atomic E-state index is 0.0786. The first-order chi connectivity index (χ1) is 8.53. The van der Waals surface area contributed by atoms with Gasteiger partial charge in [-0.25, -0.2) is 12.8 Å². The van der Waals surface area contributed by atoms with Gasteiger partial charge in [-0.15, -0.1) is 0 Å². The van der Waals surface area contributed by atoms with Crippen molar-refractivity contribution in [2.75, 3.05) is 4.72 Å². The maximum atomic E-state index is 13.1. The molecule has 1 heterocycles. The lowest BCUT2D eigenvalue weighted by Gasteiger charge is -2.07. The highest BCUT2D eigenvalue weighted by Gasteiger charge is 2.16. The minimum Gasteiger partial charge on any atom is -0.392 e. The van der Waals surface area contributed by atoms with Crippen molar-refractivity contribution in [3.63, 3.8) is 0 Å². The molecule has 1 aromatic carbocycles. The number of halogens is 1. The van der Waals surface area contributed by atoms with Gasteiger partial charge in [0.15, 0.2) is 0 Å². The quantitative estimate of drug-likeness (QED) is 0.768. The van der Waals surface area contributed by atoms with E-state index in [0.29, 0.717) is 0 Å². The van der Waals surface area contributed by atoms with Gasteiger partial charge in [-0.05, 0) is 18.2 Å². The third-order valence-corrected chi connectivity index (χ3v) is 3.63. The van der Waals surface area contributed by atoms with Gasteiger partial charge in [-0.1, -0.05) is 0 Å². The van der Waals surface area contributed by atoms with Crippen LogP contribution in [0.1, 0.15) is 5.56 Å². The Morgan fingerprint density at radius 1 is 1.44 bits per heavy atom. The van der Waals surface area contributed by atoms with Gasteiger partial charge in [0.2, 0.25) is 0 Å². The van der Waals surface area contributed by atoms with Crippen molar-refractivity contribution in [1.29, 1.82) is 0 Å². The van der Waals surface area contributed by atoms with E-state index in [0.717, 1.165) is 18.2 Å². The highest BCUT2D eigenvalue weighted by molar-refractivity contribution is 7.92. The molecule has 18 heavy (non-hydrogen) atoms. The van der Waals surface area contributed by atoms with Crippen LogP contribution in [0.3, 0.4) is 0 Å². The van der Waals surface area contributed by atoms with Crippen molar-refractivity contribution in [3.8, 4) is 0 Å². The summed E-state index contributed by atoms with van der Waals surface area (Å²) < 4.78 is 39.2. The predicted molar refractivity (Wildman–Crippen MR) is 61.7 cm³/mol. The van der Waals surface area contributed by atoms with Gasteiger partial charge in [0, 0.05) is 11.8 Å². The Kier molecular flexibility index (Phi) is 3.30. The molecule has 2 aromatic rings. The second kappa shape index (κ2) is 4.75. The van der Waals surface area contributed by atoms with E-state index in [1.54, 1.807) is 0 Å². The van der Waals surface area contributed by atoms with E-state index in [9.17, 15) is 12.8 Å². The summed E-state index contributed by atoms with van der Waals surface area (Å²) in [4.78, 5) is -0.130. The van der Waals surface area contributed by atoms with Crippen LogP contribution in [0.4, 0.5) is 10.1 Å². The first-order valence-corrected chi connectivity index (χ1v) is 6.42. The molecule has 3 N–H and O–H groups in total. The van der Waals surface area contributed by atoms with Crippen LogP contribution < -0.4 is 4.72 Å². The average Bonchev–Trinajstić information content (AvgIpc) is 2.81. The van der Waals surface area contributed by atoms with Gasteiger partial charge in [0.05, 0.1) is 23.4 Å². The molecule has 96 valence electrons. The number of benzene rings is 1. The second-order valence-corrected chi connectivity index (χ2v) is 5.19. The molecule has 0 saturated carbocycles. The fraction of sp³-hybridized carbons (Fsp3) is 0.100. The number of hydrogen-bond donors (Lipinski definition) is 3. The lowest BCUT2D eigenvalue weighted by Crippen LogP contribution is -2.13. The third-order valence-electron chi connectivity index (χ3n) is 2.25. The zero-order valence-electron chi connectivity index (χ0n) is 9.09. The molecule has 6 nitrogen and oxygen atoms in total. The number of anilines is 1. The Labute approximate surface area is 103 Å². The number of sulfonamides is 1. The van der Waals surface area contributed by atoms with Gasteiger partial charge in [-0.2, -0.15) is 5.10 Å². The fourth-order valence-electron chi connectivity index (χ4n) is 1.36. The number of H-pyrrole nitrogens is 1. The summed E-state index contributed by atoms with van der Waals surface area (Å²) >= 11 is 0. The van der Waals surface area contributed by atoms with E-state index in [1.807, 2.05) is 0 Å². The molecule has 0 aliphatic heterocycles. The average molecular weight is 271 g/mol. The summed E-state index contributed by atoms with van der Waals surface area (Å²) in [5.41, 5.74) is 0.190. The summed E-state index contributed by atoms with van der Waals surface area (Å²) in [6.07, 6.45) is 2.67. The molecule has 2 rings (SSSR count). The summed E-state index contributed by atoms with van der Waals surface area (Å²) in [6, 6.07) is 3.20. The molecule has 0 atom stereocenters. The van der Waals surface area contributed by atoms with Crippen LogP contribution in [-0.4, -0.2) is 23.7 Å². The molecule has 0 radical (unpaired) electrons. The SMILES string of the molecule is O=S(=O)(Nc1cn[nH]c1)c1ccc(F)c(CO)c1. The third kappa shape index (κ3) is 2.49. The van der Waals surface area contributed by atoms with Crippen LogP contribution in [0.2, 0.25) is 0 Å². The van der Waals surface area contributed by atoms with Crippen molar-refractivity contribution < 1.29 is 17.9 Å². The van der Waals surface area contributed by atoms with Crippen LogP contribution in [0.25, 0.3) is 0 Å². The molecule has 0 bridgehead atoms. The van der Waals surface area contributed by atoms with Crippen LogP contribution >= 0.6 is 0 Å². The fourth-order valence-corrected chi connectivity index (χ4v) is 2.44. The number of nitrogens with one attached hydrogen (secondary N) is 2. The van der Waals surface area contributed by atoms with E-state index < -0.39 is 22.4 Å². The maximum absolute atomic E-state index is 13.1. The highest BCUT2D eigenvalue weighted by atomic mass is 32.2. The summed E-state index contributed by atoms with van der Waals surface area (Å²) in [5.74, 6) is -0.653. The standard InChI is InChI=1S/C10H10FN3O3S/c11-10-2-1-9(3-7(10)6-15)18(16,17)14-8-4-12-13-5-8/h1-5,14-15H,6H2,(H,12,13). The number of aliphatic hydroxyl groups excluding tert-OH is 1. The lowest BCUT2D eigenvalue weighted by molar-refractivity contribution is 0.275. The first kappa shape index (κ1) is 12.5. The Morgan fingerprint density at radius 3 is 2.83 bits per heavy atom. The molecule has 0 aliphatic carbocycles. The zero-order valence-corrected chi connectivity index (χ0v) is 9.91. The molecule has 1 aromatic heterocycles. The largest absolute Gasteiger partial charge is 0.392 e. The highest BCUT2D eigenvalue weighted by Crippen LogP contribution is 2.18. The molecule has 0 saturated heterocycles. The Bertz CT molecular complexity index is 640. The van der Waals surface area contributed by atoms with Crippen molar-refractivity contribution in [2.45, 2.75) is 11.5 Å². The molecular formula is C10H10FN3O3S. The van der Waals surface area contributed by atoms with Crippen molar-refractivity contribution in [1.82, 2.24) is 10.2 Å². The van der Waals surface area contributed by atoms with Crippen LogP contribution in [0, 0.1) is 5.82 Å². The molecule has 0 fully saturated rings. The molecule has 8 heteroatoms. The summed E-state index contributed by atoms with van der Waals surface area (Å²) in [6.45, 7) is -0.569. The maximum Gasteiger partial charge on any atom is 0.262 e.